The summed E-state index contributed by atoms with van der Waals surface area (Å²) in [6.07, 6.45) is 0.990. The molecule has 1 amide bonds. The van der Waals surface area contributed by atoms with Gasteiger partial charge in [-0.2, -0.15) is 0 Å². The lowest BCUT2D eigenvalue weighted by Gasteiger charge is -2.21. The highest BCUT2D eigenvalue weighted by Crippen LogP contribution is 2.22. The van der Waals surface area contributed by atoms with Crippen LogP contribution in [0.5, 0.6) is 0 Å². The monoisotopic (exact) mass is 257 g/mol. The Kier molecular flexibility index (Phi) is 4.01. The number of rotatable bonds is 3. The second-order valence-corrected chi connectivity index (χ2v) is 4.18. The van der Waals surface area contributed by atoms with E-state index < -0.39 is 10.8 Å². The molecule has 0 aliphatic carbocycles. The second kappa shape index (κ2) is 5.09. The van der Waals surface area contributed by atoms with Crippen molar-refractivity contribution >= 4 is 23.2 Å². The van der Waals surface area contributed by atoms with Crippen LogP contribution < -0.4 is 0 Å². The molecular weight excluding hydrogens is 246 g/mol. The minimum atomic E-state index is -0.648. The van der Waals surface area contributed by atoms with Crippen LogP contribution in [0.1, 0.15) is 24.2 Å². The van der Waals surface area contributed by atoms with Gasteiger partial charge in [0.25, 0.3) is 11.6 Å². The van der Waals surface area contributed by atoms with Crippen molar-refractivity contribution in [1.29, 1.82) is 0 Å². The summed E-state index contributed by atoms with van der Waals surface area (Å²) in [4.78, 5) is 27.1. The first-order valence-corrected chi connectivity index (χ1v) is 5.29. The molecule has 1 heterocycles. The second-order valence-electron chi connectivity index (χ2n) is 3.79. The van der Waals surface area contributed by atoms with Gasteiger partial charge in [-0.3, -0.25) is 14.9 Å². The van der Waals surface area contributed by atoms with Gasteiger partial charge in [-0.05, 0) is 19.9 Å². The van der Waals surface area contributed by atoms with Crippen LogP contribution in [-0.2, 0) is 0 Å². The highest BCUT2D eigenvalue weighted by molar-refractivity contribution is 6.29. The molecular formula is C10H12ClN3O3. The van der Waals surface area contributed by atoms with Crippen molar-refractivity contribution in [3.05, 3.63) is 33.1 Å². The topological polar surface area (TPSA) is 76.3 Å². The average molecular weight is 258 g/mol. The first-order chi connectivity index (χ1) is 7.84. The number of hydrogen-bond donors (Lipinski definition) is 0. The Morgan fingerprint density at radius 2 is 2.18 bits per heavy atom. The Bertz CT molecular complexity index is 462. The number of hydrogen-bond acceptors (Lipinski definition) is 4. The lowest BCUT2D eigenvalue weighted by Crippen LogP contribution is -2.33. The summed E-state index contributed by atoms with van der Waals surface area (Å²) in [5.74, 6) is -0.448. The highest BCUT2D eigenvalue weighted by atomic mass is 35.5. The van der Waals surface area contributed by atoms with E-state index in [0.29, 0.717) is 0 Å². The van der Waals surface area contributed by atoms with Crippen molar-refractivity contribution in [2.24, 2.45) is 0 Å². The summed E-state index contributed by atoms with van der Waals surface area (Å²) in [6.45, 7) is 3.62. The summed E-state index contributed by atoms with van der Waals surface area (Å²) in [5.41, 5.74) is -0.391. The largest absolute Gasteiger partial charge is 0.339 e. The zero-order valence-electron chi connectivity index (χ0n) is 9.68. The van der Waals surface area contributed by atoms with Crippen LogP contribution in [0.3, 0.4) is 0 Å². The van der Waals surface area contributed by atoms with E-state index in [1.165, 1.54) is 11.0 Å². The number of amides is 1. The Balaban J connectivity index is 3.24. The zero-order chi connectivity index (χ0) is 13.2. The molecule has 0 aliphatic rings. The number of halogens is 1. The molecule has 1 rings (SSSR count). The Morgan fingerprint density at radius 1 is 1.59 bits per heavy atom. The predicted molar refractivity (Wildman–Crippen MR) is 63.1 cm³/mol. The highest BCUT2D eigenvalue weighted by Gasteiger charge is 2.24. The minimum Gasteiger partial charge on any atom is -0.339 e. The quantitative estimate of drug-likeness (QED) is 0.472. The van der Waals surface area contributed by atoms with E-state index in [-0.39, 0.29) is 22.4 Å². The van der Waals surface area contributed by atoms with Gasteiger partial charge in [0.05, 0.1) is 4.92 Å². The molecule has 6 nitrogen and oxygen atoms in total. The number of nitrogens with zero attached hydrogens (tertiary/aromatic N) is 3. The van der Waals surface area contributed by atoms with Gasteiger partial charge in [-0.1, -0.05) is 11.6 Å². The van der Waals surface area contributed by atoms with E-state index in [0.717, 1.165) is 6.20 Å². The SMILES string of the molecule is CC(C)N(C)C(=O)c1cc(Cl)ncc1[N+](=O)[O-]. The normalized spacial score (nSPS) is 10.4. The molecule has 1 aromatic rings. The van der Waals surface area contributed by atoms with E-state index in [2.05, 4.69) is 4.98 Å². The molecule has 0 aliphatic heterocycles. The van der Waals surface area contributed by atoms with Crippen molar-refractivity contribution in [2.75, 3.05) is 7.05 Å². The Hall–Kier alpha value is -1.69. The van der Waals surface area contributed by atoms with Crippen LogP contribution in [0.2, 0.25) is 5.15 Å². The van der Waals surface area contributed by atoms with Crippen molar-refractivity contribution in [2.45, 2.75) is 19.9 Å². The molecule has 1 aromatic heterocycles. The lowest BCUT2D eigenvalue weighted by molar-refractivity contribution is -0.385. The molecule has 92 valence electrons. The summed E-state index contributed by atoms with van der Waals surface area (Å²) < 4.78 is 0. The smallest absolute Gasteiger partial charge is 0.300 e. The average Bonchev–Trinajstić information content (AvgIpc) is 2.26. The van der Waals surface area contributed by atoms with Crippen LogP contribution in [0.25, 0.3) is 0 Å². The third kappa shape index (κ3) is 2.91. The molecule has 0 N–H and O–H groups in total. The lowest BCUT2D eigenvalue weighted by atomic mass is 10.2. The summed E-state index contributed by atoms with van der Waals surface area (Å²) in [7, 11) is 1.57. The van der Waals surface area contributed by atoms with E-state index in [1.54, 1.807) is 7.05 Å². The fraction of sp³-hybridized carbons (Fsp3) is 0.400. The van der Waals surface area contributed by atoms with Crippen LogP contribution in [0.15, 0.2) is 12.3 Å². The molecule has 0 spiro atoms. The van der Waals surface area contributed by atoms with Gasteiger partial charge in [0.15, 0.2) is 0 Å². The van der Waals surface area contributed by atoms with Crippen LogP contribution >= 0.6 is 11.6 Å². The van der Waals surface area contributed by atoms with Gasteiger partial charge in [0.2, 0.25) is 0 Å². The molecule has 0 aromatic carbocycles. The van der Waals surface area contributed by atoms with E-state index >= 15 is 0 Å². The molecule has 0 radical (unpaired) electrons. The van der Waals surface area contributed by atoms with Crippen molar-refractivity contribution < 1.29 is 9.72 Å². The predicted octanol–water partition coefficient (Wildman–Crippen LogP) is 2.12. The van der Waals surface area contributed by atoms with Gasteiger partial charge >= 0.3 is 0 Å². The van der Waals surface area contributed by atoms with Crippen molar-refractivity contribution in [3.63, 3.8) is 0 Å². The molecule has 0 atom stereocenters. The summed E-state index contributed by atoms with van der Waals surface area (Å²) in [5, 5.41) is 10.8. The van der Waals surface area contributed by atoms with Gasteiger partial charge < -0.3 is 4.90 Å². The Labute approximate surface area is 103 Å². The molecule has 0 saturated carbocycles. The first kappa shape index (κ1) is 13.4. The maximum Gasteiger partial charge on any atom is 0.300 e. The van der Waals surface area contributed by atoms with Crippen molar-refractivity contribution in [3.8, 4) is 0 Å². The molecule has 0 fully saturated rings. The molecule has 0 bridgehead atoms. The van der Waals surface area contributed by atoms with E-state index in [1.807, 2.05) is 13.8 Å². The number of aromatic nitrogens is 1. The zero-order valence-corrected chi connectivity index (χ0v) is 10.4. The van der Waals surface area contributed by atoms with Gasteiger partial charge in [-0.15, -0.1) is 0 Å². The molecule has 0 unspecified atom stereocenters. The maximum absolute atomic E-state index is 12.0. The summed E-state index contributed by atoms with van der Waals surface area (Å²) >= 11 is 5.65. The van der Waals surface area contributed by atoms with Gasteiger partial charge in [0, 0.05) is 13.1 Å². The van der Waals surface area contributed by atoms with E-state index in [9.17, 15) is 14.9 Å². The molecule has 0 saturated heterocycles. The van der Waals surface area contributed by atoms with Crippen molar-refractivity contribution in [1.82, 2.24) is 9.88 Å². The third-order valence-electron chi connectivity index (χ3n) is 2.37. The molecule has 7 heteroatoms. The number of nitro groups is 1. The standard InChI is InChI=1S/C10H12ClN3O3/c1-6(2)13(3)10(15)7-4-9(11)12-5-8(7)14(16)17/h4-6H,1-3H3. The van der Waals surface area contributed by atoms with Crippen LogP contribution in [-0.4, -0.2) is 33.8 Å². The fourth-order valence-corrected chi connectivity index (χ4v) is 1.32. The fourth-order valence-electron chi connectivity index (χ4n) is 1.16. The molecule has 17 heavy (non-hydrogen) atoms. The van der Waals surface area contributed by atoms with Gasteiger partial charge in [-0.25, -0.2) is 4.98 Å². The minimum absolute atomic E-state index is 0.0498. The van der Waals surface area contributed by atoms with Crippen LogP contribution in [0, 0.1) is 10.1 Å². The first-order valence-electron chi connectivity index (χ1n) is 4.91. The number of carbonyl (C=O) groups excluding carboxylic acids is 1. The number of pyridine rings is 1. The third-order valence-corrected chi connectivity index (χ3v) is 2.58. The van der Waals surface area contributed by atoms with E-state index in [4.69, 9.17) is 11.6 Å². The number of carbonyl (C=O) groups is 1. The maximum atomic E-state index is 12.0. The van der Waals surface area contributed by atoms with Crippen LogP contribution in [0.4, 0.5) is 5.69 Å². The van der Waals surface area contributed by atoms with Gasteiger partial charge in [0.1, 0.15) is 16.9 Å². The Morgan fingerprint density at radius 3 is 2.65 bits per heavy atom. The summed E-state index contributed by atoms with van der Waals surface area (Å²) in [6, 6.07) is 1.15.